The molecule has 1 amide bonds. The number of benzene rings is 1. The number of carbonyl (C=O) groups excluding carboxylic acids is 1. The summed E-state index contributed by atoms with van der Waals surface area (Å²) in [4.78, 5) is 18.5. The van der Waals surface area contributed by atoms with Crippen LogP contribution in [0.4, 0.5) is 4.79 Å². The van der Waals surface area contributed by atoms with E-state index >= 15 is 0 Å². The van der Waals surface area contributed by atoms with Crippen LogP contribution in [0.15, 0.2) is 47.6 Å². The Bertz CT molecular complexity index is 1140. The predicted molar refractivity (Wildman–Crippen MR) is 131 cm³/mol. The summed E-state index contributed by atoms with van der Waals surface area (Å²) in [6.45, 7) is 8.69. The molecule has 35 heavy (non-hydrogen) atoms. The summed E-state index contributed by atoms with van der Waals surface area (Å²) >= 11 is 0. The van der Waals surface area contributed by atoms with Gasteiger partial charge in [0.15, 0.2) is 0 Å². The van der Waals surface area contributed by atoms with Crippen molar-refractivity contribution in [2.75, 3.05) is 19.8 Å². The van der Waals surface area contributed by atoms with Gasteiger partial charge >= 0.3 is 6.09 Å². The van der Waals surface area contributed by atoms with Gasteiger partial charge in [-0.2, -0.15) is 8.42 Å². The van der Waals surface area contributed by atoms with Gasteiger partial charge in [-0.25, -0.2) is 4.79 Å². The number of aromatic nitrogens is 1. The Hall–Kier alpha value is -2.65. The van der Waals surface area contributed by atoms with Crippen molar-refractivity contribution in [1.29, 1.82) is 0 Å². The minimum Gasteiger partial charge on any atom is -0.490 e. The molecule has 2 fully saturated rings. The van der Waals surface area contributed by atoms with E-state index in [1.165, 1.54) is 0 Å². The van der Waals surface area contributed by atoms with Crippen molar-refractivity contribution in [3.63, 3.8) is 0 Å². The molecule has 1 unspecified atom stereocenters. The molecule has 3 atom stereocenters. The number of ether oxygens (including phenoxy) is 2. The second-order valence-electron chi connectivity index (χ2n) is 10.4. The van der Waals surface area contributed by atoms with Gasteiger partial charge in [-0.15, -0.1) is 0 Å². The molecule has 4 rings (SSSR count). The number of rotatable bonds is 9. The van der Waals surface area contributed by atoms with E-state index in [1.54, 1.807) is 35.4 Å². The Labute approximate surface area is 207 Å². The number of amides is 1. The number of hydrogen-bond acceptors (Lipinski definition) is 7. The summed E-state index contributed by atoms with van der Waals surface area (Å²) in [7, 11) is -3.74. The lowest BCUT2D eigenvalue weighted by molar-refractivity contribution is -0.0141. The van der Waals surface area contributed by atoms with E-state index < -0.39 is 15.7 Å². The molecule has 1 aromatic heterocycles. The first-order valence-corrected chi connectivity index (χ1v) is 13.5. The van der Waals surface area contributed by atoms with Crippen LogP contribution >= 0.6 is 0 Å². The highest BCUT2D eigenvalue weighted by Gasteiger charge is 2.39. The quantitative estimate of drug-likeness (QED) is 0.460. The zero-order chi connectivity index (χ0) is 25.2. The van der Waals surface area contributed by atoms with Crippen LogP contribution in [0.2, 0.25) is 0 Å². The number of hydrogen-bond donors (Lipinski definition) is 0. The van der Waals surface area contributed by atoms with E-state index in [0.29, 0.717) is 37.2 Å². The average Bonchev–Trinajstić information content (AvgIpc) is 3.52. The minimum absolute atomic E-state index is 0.00481. The molecule has 190 valence electrons. The fourth-order valence-electron chi connectivity index (χ4n) is 4.14. The molecule has 2 aliphatic rings. The SMILES string of the molecule is Cc1ccc(S(=O)(=O)OCCC2C[C@H]2c2cncc(OC[C@@H]3CCN3C(=O)OC(C)(C)C)c2)cc1. The first kappa shape index (κ1) is 25.4. The largest absolute Gasteiger partial charge is 0.490 e. The maximum Gasteiger partial charge on any atom is 0.410 e. The van der Waals surface area contributed by atoms with Gasteiger partial charge in [-0.1, -0.05) is 17.7 Å². The zero-order valence-electron chi connectivity index (χ0n) is 20.8. The van der Waals surface area contributed by atoms with Gasteiger partial charge in [0.05, 0.1) is 23.7 Å². The first-order chi connectivity index (χ1) is 16.5. The maximum absolute atomic E-state index is 12.4. The summed E-state index contributed by atoms with van der Waals surface area (Å²) in [6, 6.07) is 8.63. The van der Waals surface area contributed by atoms with Crippen LogP contribution in [0, 0.1) is 12.8 Å². The van der Waals surface area contributed by atoms with Gasteiger partial charge in [0.25, 0.3) is 10.1 Å². The molecule has 1 saturated carbocycles. The van der Waals surface area contributed by atoms with E-state index in [9.17, 15) is 13.2 Å². The number of aryl methyl sites for hydroxylation is 1. The molecule has 8 nitrogen and oxygen atoms in total. The van der Waals surface area contributed by atoms with Gasteiger partial charge in [0.1, 0.15) is 18.0 Å². The second-order valence-corrected chi connectivity index (χ2v) is 12.0. The lowest BCUT2D eigenvalue weighted by Gasteiger charge is -2.40. The minimum atomic E-state index is -3.74. The topological polar surface area (TPSA) is 95.0 Å². The van der Waals surface area contributed by atoms with Crippen LogP contribution in [0.1, 0.15) is 57.1 Å². The van der Waals surface area contributed by atoms with Gasteiger partial charge in [-0.05, 0) is 82.6 Å². The monoisotopic (exact) mass is 502 g/mol. The van der Waals surface area contributed by atoms with Crippen molar-refractivity contribution in [2.45, 2.75) is 69.4 Å². The van der Waals surface area contributed by atoms with E-state index in [2.05, 4.69) is 4.98 Å². The molecular formula is C26H34N2O6S. The van der Waals surface area contributed by atoms with Gasteiger partial charge in [-0.3, -0.25) is 9.17 Å². The van der Waals surface area contributed by atoms with Gasteiger partial charge < -0.3 is 14.4 Å². The lowest BCUT2D eigenvalue weighted by atomic mass is 10.1. The Balaban J connectivity index is 1.23. The maximum atomic E-state index is 12.4. The molecule has 2 heterocycles. The van der Waals surface area contributed by atoms with Crippen molar-refractivity contribution in [2.24, 2.45) is 5.92 Å². The molecule has 0 N–H and O–H groups in total. The average molecular weight is 503 g/mol. The van der Waals surface area contributed by atoms with E-state index in [1.807, 2.05) is 40.0 Å². The summed E-state index contributed by atoms with van der Waals surface area (Å²) in [5.41, 5.74) is 1.55. The number of carbonyl (C=O) groups is 1. The molecule has 1 aliphatic heterocycles. The number of nitrogens with zero attached hydrogens (tertiary/aromatic N) is 2. The summed E-state index contributed by atoms with van der Waals surface area (Å²) in [6.07, 6.45) is 5.70. The van der Waals surface area contributed by atoms with Crippen molar-refractivity contribution in [3.8, 4) is 5.75 Å². The van der Waals surface area contributed by atoms with Crippen LogP contribution in [0.5, 0.6) is 5.75 Å². The number of pyridine rings is 1. The molecule has 0 spiro atoms. The molecule has 1 aliphatic carbocycles. The standard InChI is InChI=1S/C26H34N2O6S/c1-18-5-7-23(8-6-18)35(30,31)33-12-10-19-14-24(19)20-13-22(16-27-15-20)32-17-21-9-11-28(21)25(29)34-26(2,3)4/h5-8,13,15-16,19,21,24H,9-12,14,17H2,1-4H3/t19?,21-,24+/m0/s1. The molecule has 0 bridgehead atoms. The first-order valence-electron chi connectivity index (χ1n) is 12.1. The third-order valence-corrected chi connectivity index (χ3v) is 7.66. The van der Waals surface area contributed by atoms with E-state index in [-0.39, 0.29) is 23.6 Å². The normalized spacial score (nSPS) is 21.8. The van der Waals surface area contributed by atoms with Crippen LogP contribution in [-0.2, 0) is 19.0 Å². The number of likely N-dealkylation sites (tertiary alicyclic amines) is 1. The van der Waals surface area contributed by atoms with Crippen molar-refractivity contribution in [3.05, 3.63) is 53.9 Å². The van der Waals surface area contributed by atoms with Crippen molar-refractivity contribution < 1.29 is 26.9 Å². The summed E-state index contributed by atoms with van der Waals surface area (Å²) in [5, 5.41) is 0. The Kier molecular flexibility index (Phi) is 7.38. The molecule has 9 heteroatoms. The lowest BCUT2D eigenvalue weighted by Crippen LogP contribution is -2.55. The Morgan fingerprint density at radius 3 is 2.57 bits per heavy atom. The van der Waals surface area contributed by atoms with E-state index in [0.717, 1.165) is 24.0 Å². The van der Waals surface area contributed by atoms with Crippen LogP contribution < -0.4 is 4.74 Å². The van der Waals surface area contributed by atoms with Crippen LogP contribution in [0.3, 0.4) is 0 Å². The second kappa shape index (κ2) is 10.1. The van der Waals surface area contributed by atoms with Crippen molar-refractivity contribution in [1.82, 2.24) is 9.88 Å². The van der Waals surface area contributed by atoms with Crippen LogP contribution in [-0.4, -0.2) is 55.8 Å². The molecule has 1 saturated heterocycles. The highest BCUT2D eigenvalue weighted by Crippen LogP contribution is 2.50. The molecule has 1 aromatic carbocycles. The fraction of sp³-hybridized carbons (Fsp3) is 0.538. The Morgan fingerprint density at radius 2 is 1.91 bits per heavy atom. The molecule has 0 radical (unpaired) electrons. The third kappa shape index (κ3) is 6.73. The smallest absolute Gasteiger partial charge is 0.410 e. The van der Waals surface area contributed by atoms with Gasteiger partial charge in [0, 0.05) is 12.7 Å². The van der Waals surface area contributed by atoms with Crippen molar-refractivity contribution >= 4 is 16.2 Å². The van der Waals surface area contributed by atoms with E-state index in [4.69, 9.17) is 13.7 Å². The van der Waals surface area contributed by atoms with Gasteiger partial charge in [0.2, 0.25) is 0 Å². The summed E-state index contributed by atoms with van der Waals surface area (Å²) < 4.78 is 41.3. The highest BCUT2D eigenvalue weighted by molar-refractivity contribution is 7.86. The molecular weight excluding hydrogens is 468 g/mol. The highest BCUT2D eigenvalue weighted by atomic mass is 32.2. The predicted octanol–water partition coefficient (Wildman–Crippen LogP) is 4.68. The van der Waals surface area contributed by atoms with Crippen LogP contribution in [0.25, 0.3) is 0 Å². The molecule has 2 aromatic rings. The third-order valence-electron chi connectivity index (χ3n) is 6.34. The zero-order valence-corrected chi connectivity index (χ0v) is 21.6. The fourth-order valence-corrected chi connectivity index (χ4v) is 5.06. The summed E-state index contributed by atoms with van der Waals surface area (Å²) in [5.74, 6) is 1.34. The Morgan fingerprint density at radius 1 is 1.17 bits per heavy atom.